The molecule has 3 rings (SSSR count). The standard InChI is InChI=1S/C22H30N4O4/c1-6-30-21(29)19-17(14(2)3)18(23-24-19)20(28)26-16(27)12-22(4,5)25(26)13-15-10-8-7-9-11-15/h7-11,14,17-18,23H,6,12-13H2,1-5H3/t17-,18+/m0/s1. The van der Waals surface area contributed by atoms with Crippen LogP contribution in [0.3, 0.4) is 0 Å². The SMILES string of the molecule is CCOC(=O)C1=NN[C@@H](C(=O)N2C(=O)CC(C)(C)N2Cc2ccccc2)[C@@H]1C(C)C. The Labute approximate surface area is 177 Å². The molecule has 2 atom stereocenters. The molecule has 1 fully saturated rings. The summed E-state index contributed by atoms with van der Waals surface area (Å²) in [6.45, 7) is 10.1. The quantitative estimate of drug-likeness (QED) is 0.566. The molecule has 2 aliphatic rings. The molecule has 0 aromatic heterocycles. The Bertz CT molecular complexity index is 850. The van der Waals surface area contributed by atoms with Crippen molar-refractivity contribution in [1.82, 2.24) is 15.4 Å². The Hall–Kier alpha value is -2.74. The Kier molecular flexibility index (Phi) is 6.26. The van der Waals surface area contributed by atoms with Gasteiger partial charge in [-0.25, -0.2) is 14.8 Å². The smallest absolute Gasteiger partial charge is 0.354 e. The lowest BCUT2D eigenvalue weighted by Gasteiger charge is -2.37. The van der Waals surface area contributed by atoms with E-state index in [2.05, 4.69) is 10.5 Å². The molecule has 0 radical (unpaired) electrons. The van der Waals surface area contributed by atoms with E-state index in [4.69, 9.17) is 4.74 Å². The van der Waals surface area contributed by atoms with Crippen LogP contribution in [0.2, 0.25) is 0 Å². The van der Waals surface area contributed by atoms with Crippen LogP contribution in [0.25, 0.3) is 0 Å². The van der Waals surface area contributed by atoms with Gasteiger partial charge in [0.25, 0.3) is 5.91 Å². The van der Waals surface area contributed by atoms with Gasteiger partial charge in [0, 0.05) is 24.4 Å². The number of benzene rings is 1. The molecular weight excluding hydrogens is 384 g/mol. The summed E-state index contributed by atoms with van der Waals surface area (Å²) in [6.07, 6.45) is 0.232. The lowest BCUT2D eigenvalue weighted by atomic mass is 9.85. The maximum atomic E-state index is 13.6. The Morgan fingerprint density at radius 3 is 2.53 bits per heavy atom. The van der Waals surface area contributed by atoms with Crippen molar-refractivity contribution in [3.05, 3.63) is 35.9 Å². The van der Waals surface area contributed by atoms with Gasteiger partial charge in [-0.3, -0.25) is 15.0 Å². The summed E-state index contributed by atoms with van der Waals surface area (Å²) in [5.41, 5.74) is 3.49. The third kappa shape index (κ3) is 4.09. The number of ether oxygens (including phenoxy) is 1. The number of carbonyl (C=O) groups is 3. The van der Waals surface area contributed by atoms with Crippen LogP contribution in [0, 0.1) is 11.8 Å². The number of rotatable bonds is 6. The van der Waals surface area contributed by atoms with Gasteiger partial charge in [-0.05, 0) is 32.3 Å². The molecule has 1 aromatic rings. The summed E-state index contributed by atoms with van der Waals surface area (Å²) in [7, 11) is 0. The van der Waals surface area contributed by atoms with Crippen LogP contribution < -0.4 is 5.43 Å². The van der Waals surface area contributed by atoms with E-state index in [0.29, 0.717) is 6.54 Å². The highest BCUT2D eigenvalue weighted by Gasteiger charge is 2.52. The number of hydrazine groups is 1. The lowest BCUT2D eigenvalue weighted by Crippen LogP contribution is -2.56. The number of amides is 2. The molecule has 30 heavy (non-hydrogen) atoms. The summed E-state index contributed by atoms with van der Waals surface area (Å²) in [5, 5.41) is 7.17. The number of imide groups is 1. The highest BCUT2D eigenvalue weighted by molar-refractivity contribution is 6.38. The van der Waals surface area contributed by atoms with Crippen molar-refractivity contribution in [3.8, 4) is 0 Å². The summed E-state index contributed by atoms with van der Waals surface area (Å²) in [5.74, 6) is -1.72. The molecule has 0 spiro atoms. The molecule has 0 aliphatic carbocycles. The fourth-order valence-corrected chi connectivity index (χ4v) is 4.10. The molecular formula is C22H30N4O4. The van der Waals surface area contributed by atoms with Gasteiger partial charge in [-0.1, -0.05) is 44.2 Å². The second-order valence-electron chi connectivity index (χ2n) is 8.67. The van der Waals surface area contributed by atoms with Gasteiger partial charge in [0.2, 0.25) is 5.91 Å². The topological polar surface area (TPSA) is 91.3 Å². The molecule has 0 bridgehead atoms. The zero-order valence-electron chi connectivity index (χ0n) is 18.2. The number of carbonyl (C=O) groups excluding carboxylic acids is 3. The predicted octanol–water partition coefficient (Wildman–Crippen LogP) is 2.10. The van der Waals surface area contributed by atoms with Gasteiger partial charge >= 0.3 is 5.97 Å². The first-order valence-electron chi connectivity index (χ1n) is 10.4. The largest absolute Gasteiger partial charge is 0.461 e. The number of esters is 1. The van der Waals surface area contributed by atoms with Crippen LogP contribution >= 0.6 is 0 Å². The molecule has 2 aliphatic heterocycles. The average molecular weight is 415 g/mol. The summed E-state index contributed by atoms with van der Waals surface area (Å²) < 4.78 is 5.10. The van der Waals surface area contributed by atoms with Crippen LogP contribution in [-0.2, 0) is 25.7 Å². The molecule has 0 saturated carbocycles. The van der Waals surface area contributed by atoms with Crippen LogP contribution in [0.5, 0.6) is 0 Å². The monoisotopic (exact) mass is 414 g/mol. The molecule has 2 heterocycles. The van der Waals surface area contributed by atoms with Crippen molar-refractivity contribution >= 4 is 23.5 Å². The van der Waals surface area contributed by atoms with Crippen LogP contribution in [0.15, 0.2) is 35.4 Å². The summed E-state index contributed by atoms with van der Waals surface area (Å²) in [6, 6.07) is 8.91. The number of hydrogen-bond acceptors (Lipinski definition) is 7. The fourth-order valence-electron chi connectivity index (χ4n) is 4.10. The van der Waals surface area contributed by atoms with E-state index in [1.165, 1.54) is 5.01 Å². The molecule has 8 heteroatoms. The number of nitrogens with one attached hydrogen (secondary N) is 1. The van der Waals surface area contributed by atoms with Crippen molar-refractivity contribution in [1.29, 1.82) is 0 Å². The first kappa shape index (κ1) is 22.0. The first-order valence-corrected chi connectivity index (χ1v) is 10.4. The van der Waals surface area contributed by atoms with Gasteiger partial charge in [-0.15, -0.1) is 0 Å². The van der Waals surface area contributed by atoms with Gasteiger partial charge in [0.15, 0.2) is 5.71 Å². The first-order chi connectivity index (χ1) is 14.2. The second kappa shape index (κ2) is 8.55. The zero-order valence-corrected chi connectivity index (χ0v) is 18.2. The normalized spacial score (nSPS) is 23.5. The average Bonchev–Trinajstić information content (AvgIpc) is 3.22. The van der Waals surface area contributed by atoms with Crippen molar-refractivity contribution in [2.24, 2.45) is 16.9 Å². The van der Waals surface area contributed by atoms with Crippen LogP contribution in [0.4, 0.5) is 0 Å². The lowest BCUT2D eigenvalue weighted by molar-refractivity contribution is -0.163. The van der Waals surface area contributed by atoms with Crippen molar-refractivity contribution in [2.75, 3.05) is 6.61 Å². The molecule has 162 valence electrons. The van der Waals surface area contributed by atoms with E-state index in [-0.39, 0.29) is 30.6 Å². The maximum absolute atomic E-state index is 13.6. The Balaban J connectivity index is 1.88. The van der Waals surface area contributed by atoms with E-state index < -0.39 is 29.4 Å². The highest BCUT2D eigenvalue weighted by atomic mass is 16.5. The summed E-state index contributed by atoms with van der Waals surface area (Å²) in [4.78, 5) is 38.8. The third-order valence-electron chi connectivity index (χ3n) is 5.61. The van der Waals surface area contributed by atoms with Gasteiger partial charge in [0.05, 0.1) is 6.61 Å². The number of nitrogens with zero attached hydrogens (tertiary/aromatic N) is 3. The van der Waals surface area contributed by atoms with E-state index in [1.807, 2.05) is 63.0 Å². The number of hydrogen-bond donors (Lipinski definition) is 1. The van der Waals surface area contributed by atoms with Crippen LogP contribution in [-0.4, -0.2) is 51.7 Å². The van der Waals surface area contributed by atoms with E-state index in [0.717, 1.165) is 5.56 Å². The Morgan fingerprint density at radius 2 is 1.93 bits per heavy atom. The molecule has 1 N–H and O–H groups in total. The van der Waals surface area contributed by atoms with Crippen molar-refractivity contribution in [3.63, 3.8) is 0 Å². The third-order valence-corrected chi connectivity index (χ3v) is 5.61. The van der Waals surface area contributed by atoms with Gasteiger partial charge in [0.1, 0.15) is 6.04 Å². The van der Waals surface area contributed by atoms with E-state index >= 15 is 0 Å². The Morgan fingerprint density at radius 1 is 1.27 bits per heavy atom. The van der Waals surface area contributed by atoms with Gasteiger partial charge < -0.3 is 4.74 Å². The second-order valence-corrected chi connectivity index (χ2v) is 8.67. The molecule has 1 saturated heterocycles. The highest BCUT2D eigenvalue weighted by Crippen LogP contribution is 2.34. The van der Waals surface area contributed by atoms with Gasteiger partial charge in [-0.2, -0.15) is 5.10 Å². The van der Waals surface area contributed by atoms with E-state index in [9.17, 15) is 14.4 Å². The minimum atomic E-state index is -0.805. The molecule has 8 nitrogen and oxygen atoms in total. The fraction of sp³-hybridized carbons (Fsp3) is 0.545. The maximum Gasteiger partial charge on any atom is 0.354 e. The van der Waals surface area contributed by atoms with Crippen molar-refractivity contribution in [2.45, 2.75) is 59.2 Å². The molecule has 2 amide bonds. The minimum Gasteiger partial charge on any atom is -0.461 e. The number of hydrazone groups is 1. The minimum absolute atomic E-state index is 0.0506. The zero-order chi connectivity index (χ0) is 22.1. The molecule has 1 aromatic carbocycles. The van der Waals surface area contributed by atoms with Crippen LogP contribution in [0.1, 0.15) is 46.6 Å². The van der Waals surface area contributed by atoms with E-state index in [1.54, 1.807) is 6.92 Å². The summed E-state index contributed by atoms with van der Waals surface area (Å²) >= 11 is 0. The van der Waals surface area contributed by atoms with Crippen molar-refractivity contribution < 1.29 is 19.1 Å². The molecule has 0 unspecified atom stereocenters. The predicted molar refractivity (Wildman–Crippen MR) is 112 cm³/mol.